The van der Waals surface area contributed by atoms with E-state index in [0.717, 1.165) is 0 Å². The average molecular weight is 190 g/mol. The van der Waals surface area contributed by atoms with Crippen LogP contribution in [0.3, 0.4) is 0 Å². The van der Waals surface area contributed by atoms with Crippen molar-refractivity contribution in [3.05, 3.63) is 24.0 Å². The Balaban J connectivity index is 2.82. The van der Waals surface area contributed by atoms with Crippen molar-refractivity contribution in [1.29, 1.82) is 5.26 Å². The lowest BCUT2D eigenvalue weighted by molar-refractivity contribution is 0.0772. The van der Waals surface area contributed by atoms with Gasteiger partial charge in [0.1, 0.15) is 6.04 Å². The number of carbonyl (C=O) groups excluding carboxylic acids is 1. The van der Waals surface area contributed by atoms with Gasteiger partial charge in [0.15, 0.2) is 0 Å². The summed E-state index contributed by atoms with van der Waals surface area (Å²) in [6.45, 7) is 1.66. The third-order valence-electron chi connectivity index (χ3n) is 1.92. The Kier molecular flexibility index (Phi) is 3.13. The Morgan fingerprint density at radius 3 is 2.86 bits per heavy atom. The number of rotatable bonds is 2. The van der Waals surface area contributed by atoms with Crippen LogP contribution in [0.4, 0.5) is 0 Å². The molecule has 1 rings (SSSR count). The summed E-state index contributed by atoms with van der Waals surface area (Å²) in [5, 5.41) is 15.8. The quantitative estimate of drug-likeness (QED) is 0.679. The second-order valence-corrected chi connectivity index (χ2v) is 2.85. The van der Waals surface area contributed by atoms with Crippen LogP contribution in [0.25, 0.3) is 0 Å². The molecule has 0 aliphatic rings. The molecule has 0 spiro atoms. The molecule has 0 saturated heterocycles. The summed E-state index contributed by atoms with van der Waals surface area (Å²) in [4.78, 5) is 13.0. The molecule has 72 valence electrons. The van der Waals surface area contributed by atoms with Crippen molar-refractivity contribution in [3.8, 4) is 6.07 Å². The van der Waals surface area contributed by atoms with E-state index in [0.29, 0.717) is 5.56 Å². The second kappa shape index (κ2) is 4.33. The molecule has 0 aromatic carbocycles. The van der Waals surface area contributed by atoms with Crippen molar-refractivity contribution >= 4 is 5.91 Å². The minimum Gasteiger partial charge on any atom is -0.326 e. The second-order valence-electron chi connectivity index (χ2n) is 2.85. The highest BCUT2D eigenvalue weighted by atomic mass is 16.2. The summed E-state index contributed by atoms with van der Waals surface area (Å²) in [5.74, 6) is -0.228. The van der Waals surface area contributed by atoms with Crippen molar-refractivity contribution in [2.45, 2.75) is 13.0 Å². The zero-order valence-corrected chi connectivity index (χ0v) is 8.01. The molecule has 14 heavy (non-hydrogen) atoms. The molecule has 5 heteroatoms. The maximum atomic E-state index is 11.7. The third kappa shape index (κ3) is 2.04. The van der Waals surface area contributed by atoms with Crippen LogP contribution in [0.2, 0.25) is 0 Å². The van der Waals surface area contributed by atoms with Gasteiger partial charge in [0.25, 0.3) is 5.91 Å². The largest absolute Gasteiger partial charge is 0.326 e. The van der Waals surface area contributed by atoms with Gasteiger partial charge in [-0.15, -0.1) is 0 Å². The SMILES string of the molecule is CC(C#N)N(C)C(=O)c1ccnnc1. The number of amides is 1. The Morgan fingerprint density at radius 1 is 1.64 bits per heavy atom. The summed E-state index contributed by atoms with van der Waals surface area (Å²) in [5.41, 5.74) is 0.435. The van der Waals surface area contributed by atoms with E-state index >= 15 is 0 Å². The topological polar surface area (TPSA) is 69.9 Å². The van der Waals surface area contributed by atoms with E-state index in [9.17, 15) is 4.79 Å². The molecule has 1 aromatic heterocycles. The van der Waals surface area contributed by atoms with Gasteiger partial charge < -0.3 is 4.90 Å². The average Bonchev–Trinajstić information content (AvgIpc) is 2.27. The van der Waals surface area contributed by atoms with E-state index in [-0.39, 0.29) is 5.91 Å². The first-order valence-electron chi connectivity index (χ1n) is 4.10. The van der Waals surface area contributed by atoms with E-state index in [1.807, 2.05) is 6.07 Å². The third-order valence-corrected chi connectivity index (χ3v) is 1.92. The molecule has 0 aliphatic heterocycles. The van der Waals surface area contributed by atoms with E-state index in [4.69, 9.17) is 5.26 Å². The van der Waals surface area contributed by atoms with Crippen LogP contribution in [0.15, 0.2) is 18.5 Å². The van der Waals surface area contributed by atoms with Gasteiger partial charge in [-0.2, -0.15) is 15.5 Å². The molecule has 0 N–H and O–H groups in total. The first-order valence-corrected chi connectivity index (χ1v) is 4.10. The molecule has 1 amide bonds. The number of hydrogen-bond acceptors (Lipinski definition) is 4. The maximum Gasteiger partial charge on any atom is 0.256 e. The molecule has 0 fully saturated rings. The Bertz CT molecular complexity index is 357. The number of carbonyl (C=O) groups is 1. The lowest BCUT2D eigenvalue weighted by Gasteiger charge is -2.18. The van der Waals surface area contributed by atoms with Gasteiger partial charge in [-0.1, -0.05) is 0 Å². The standard InChI is InChI=1S/C9H10N4O/c1-7(5-10)13(2)9(14)8-3-4-11-12-6-8/h3-4,6-7H,1-2H3. The fourth-order valence-electron chi connectivity index (χ4n) is 0.883. The predicted octanol–water partition coefficient (Wildman–Crippen LogP) is 0.461. The molecule has 0 bridgehead atoms. The zero-order valence-electron chi connectivity index (χ0n) is 8.01. The first-order chi connectivity index (χ1) is 6.66. The lowest BCUT2D eigenvalue weighted by atomic mass is 10.2. The molecule has 1 unspecified atom stereocenters. The number of hydrogen-bond donors (Lipinski definition) is 0. The highest BCUT2D eigenvalue weighted by Gasteiger charge is 2.16. The first kappa shape index (κ1) is 10.1. The van der Waals surface area contributed by atoms with Crippen molar-refractivity contribution in [2.75, 3.05) is 7.05 Å². The van der Waals surface area contributed by atoms with Crippen LogP contribution in [0.5, 0.6) is 0 Å². The molecule has 1 atom stereocenters. The Hall–Kier alpha value is -1.96. The van der Waals surface area contributed by atoms with Gasteiger partial charge in [-0.3, -0.25) is 4.79 Å². The summed E-state index contributed by atoms with van der Waals surface area (Å²) < 4.78 is 0. The van der Waals surface area contributed by atoms with E-state index < -0.39 is 6.04 Å². The maximum absolute atomic E-state index is 11.7. The highest BCUT2D eigenvalue weighted by Crippen LogP contribution is 2.03. The normalized spacial score (nSPS) is 11.5. The molecular weight excluding hydrogens is 180 g/mol. The van der Waals surface area contributed by atoms with Crippen LogP contribution in [-0.4, -0.2) is 34.1 Å². The molecule has 0 saturated carbocycles. The van der Waals surface area contributed by atoms with Gasteiger partial charge in [0.05, 0.1) is 24.0 Å². The van der Waals surface area contributed by atoms with Crippen LogP contribution >= 0.6 is 0 Å². The Labute approximate surface area is 82.0 Å². The van der Waals surface area contributed by atoms with Crippen LogP contribution in [0, 0.1) is 11.3 Å². The van der Waals surface area contributed by atoms with E-state index in [1.165, 1.54) is 17.3 Å². The molecule has 0 aliphatic carbocycles. The Morgan fingerprint density at radius 2 is 2.36 bits per heavy atom. The minimum atomic E-state index is -0.448. The fraction of sp³-hybridized carbons (Fsp3) is 0.333. The molecule has 1 aromatic rings. The van der Waals surface area contributed by atoms with Gasteiger partial charge in [-0.25, -0.2) is 0 Å². The van der Waals surface area contributed by atoms with Crippen molar-refractivity contribution in [3.63, 3.8) is 0 Å². The van der Waals surface area contributed by atoms with Gasteiger partial charge >= 0.3 is 0 Å². The summed E-state index contributed by atoms with van der Waals surface area (Å²) in [6.07, 6.45) is 2.82. The monoisotopic (exact) mass is 190 g/mol. The van der Waals surface area contributed by atoms with Crippen molar-refractivity contribution in [2.24, 2.45) is 0 Å². The van der Waals surface area contributed by atoms with Gasteiger partial charge in [0, 0.05) is 7.05 Å². The molecule has 0 radical (unpaired) electrons. The summed E-state index contributed by atoms with van der Waals surface area (Å²) in [6, 6.07) is 3.10. The van der Waals surface area contributed by atoms with Crippen molar-refractivity contribution < 1.29 is 4.79 Å². The van der Waals surface area contributed by atoms with Gasteiger partial charge in [-0.05, 0) is 13.0 Å². The number of nitriles is 1. The highest BCUT2D eigenvalue weighted by molar-refractivity contribution is 5.93. The lowest BCUT2D eigenvalue weighted by Crippen LogP contribution is -2.34. The summed E-state index contributed by atoms with van der Waals surface area (Å²) in [7, 11) is 1.58. The van der Waals surface area contributed by atoms with Crippen LogP contribution < -0.4 is 0 Å². The number of nitrogens with zero attached hydrogens (tertiary/aromatic N) is 4. The van der Waals surface area contributed by atoms with E-state index in [1.54, 1.807) is 20.0 Å². The van der Waals surface area contributed by atoms with Crippen LogP contribution in [-0.2, 0) is 0 Å². The smallest absolute Gasteiger partial charge is 0.256 e. The van der Waals surface area contributed by atoms with Gasteiger partial charge in [0.2, 0.25) is 0 Å². The summed E-state index contributed by atoms with van der Waals surface area (Å²) >= 11 is 0. The van der Waals surface area contributed by atoms with Crippen molar-refractivity contribution in [1.82, 2.24) is 15.1 Å². The number of aromatic nitrogens is 2. The van der Waals surface area contributed by atoms with Crippen LogP contribution in [0.1, 0.15) is 17.3 Å². The fourth-order valence-corrected chi connectivity index (χ4v) is 0.883. The van der Waals surface area contributed by atoms with E-state index in [2.05, 4.69) is 10.2 Å². The predicted molar refractivity (Wildman–Crippen MR) is 49.2 cm³/mol. The molecular formula is C9H10N4O. The molecule has 5 nitrogen and oxygen atoms in total. The minimum absolute atomic E-state index is 0.228. The molecule has 1 heterocycles. The zero-order chi connectivity index (χ0) is 10.6.